The molecule has 2 aromatic heterocycles. The molecule has 3 rings (SSSR count). The molecule has 7 nitrogen and oxygen atoms in total. The van der Waals surface area contributed by atoms with Gasteiger partial charge in [-0.15, -0.1) is 0 Å². The van der Waals surface area contributed by atoms with Gasteiger partial charge in [0.15, 0.2) is 5.82 Å². The van der Waals surface area contributed by atoms with Crippen LogP contribution in [0.25, 0.3) is 11.5 Å². The Kier molecular flexibility index (Phi) is 3.54. The van der Waals surface area contributed by atoms with Crippen LogP contribution in [-0.4, -0.2) is 51.0 Å². The topological polar surface area (TPSA) is 72.0 Å². The van der Waals surface area contributed by atoms with Crippen LogP contribution in [0.3, 0.4) is 0 Å². The van der Waals surface area contributed by atoms with Gasteiger partial charge in [-0.05, 0) is 13.8 Å². The zero-order valence-electron chi connectivity index (χ0n) is 12.1. The number of hydrogen-bond acceptors (Lipinski definition) is 6. The highest BCUT2D eigenvalue weighted by Crippen LogP contribution is 2.24. The number of aromatic nitrogens is 4. The Labute approximate surface area is 118 Å². The summed E-state index contributed by atoms with van der Waals surface area (Å²) in [5.74, 6) is 1.29. The van der Waals surface area contributed by atoms with Crippen LogP contribution in [0.4, 0.5) is 0 Å². The van der Waals surface area contributed by atoms with E-state index >= 15 is 0 Å². The van der Waals surface area contributed by atoms with Crippen molar-refractivity contribution in [2.24, 2.45) is 7.05 Å². The van der Waals surface area contributed by atoms with Crippen LogP contribution in [0, 0.1) is 6.92 Å². The van der Waals surface area contributed by atoms with Crippen LogP contribution in [0.1, 0.15) is 24.5 Å². The molecule has 1 N–H and O–H groups in total. The highest BCUT2D eigenvalue weighted by Gasteiger charge is 2.23. The summed E-state index contributed by atoms with van der Waals surface area (Å²) in [6.45, 7) is 8.16. The fraction of sp³-hybridized carbons (Fsp3) is 0.615. The van der Waals surface area contributed by atoms with Crippen molar-refractivity contribution in [1.29, 1.82) is 0 Å². The highest BCUT2D eigenvalue weighted by atomic mass is 16.5. The molecular weight excluding hydrogens is 256 g/mol. The average molecular weight is 276 g/mol. The molecule has 0 aromatic carbocycles. The Balaban J connectivity index is 1.81. The van der Waals surface area contributed by atoms with Gasteiger partial charge in [0.05, 0.1) is 17.8 Å². The normalized spacial score (nSPS) is 18.4. The Morgan fingerprint density at radius 3 is 2.75 bits per heavy atom. The molecule has 0 bridgehead atoms. The molecule has 1 atom stereocenters. The van der Waals surface area contributed by atoms with Gasteiger partial charge in [-0.2, -0.15) is 10.1 Å². The van der Waals surface area contributed by atoms with E-state index in [2.05, 4.69) is 32.4 Å². The van der Waals surface area contributed by atoms with Crippen molar-refractivity contribution in [3.63, 3.8) is 0 Å². The Hall–Kier alpha value is -1.73. The van der Waals surface area contributed by atoms with E-state index in [4.69, 9.17) is 4.52 Å². The van der Waals surface area contributed by atoms with Crippen LogP contribution in [0.15, 0.2) is 10.7 Å². The van der Waals surface area contributed by atoms with Gasteiger partial charge in [-0.25, -0.2) is 0 Å². The quantitative estimate of drug-likeness (QED) is 0.891. The zero-order chi connectivity index (χ0) is 14.1. The highest BCUT2D eigenvalue weighted by molar-refractivity contribution is 5.54. The number of hydrogen-bond donors (Lipinski definition) is 1. The standard InChI is InChI=1S/C13H20N6O/c1-9-11(8-15-18(9)3)13-16-12(17-20-13)10(2)19-6-4-14-5-7-19/h8,10,14H,4-7H2,1-3H3. The average Bonchev–Trinajstić information content (AvgIpc) is 3.08. The van der Waals surface area contributed by atoms with E-state index in [0.717, 1.165) is 43.3 Å². The molecule has 0 spiro atoms. The van der Waals surface area contributed by atoms with E-state index in [1.165, 1.54) is 0 Å². The third-order valence-electron chi connectivity index (χ3n) is 3.98. The monoisotopic (exact) mass is 276 g/mol. The molecule has 1 aliphatic heterocycles. The second-order valence-corrected chi connectivity index (χ2v) is 5.19. The van der Waals surface area contributed by atoms with Crippen molar-refractivity contribution in [1.82, 2.24) is 30.1 Å². The molecule has 1 unspecified atom stereocenters. The smallest absolute Gasteiger partial charge is 0.261 e. The van der Waals surface area contributed by atoms with Crippen LogP contribution >= 0.6 is 0 Å². The molecule has 1 fully saturated rings. The van der Waals surface area contributed by atoms with Crippen LogP contribution in [-0.2, 0) is 7.05 Å². The van der Waals surface area contributed by atoms with Gasteiger partial charge in [-0.3, -0.25) is 9.58 Å². The van der Waals surface area contributed by atoms with Gasteiger partial charge in [0.25, 0.3) is 5.89 Å². The van der Waals surface area contributed by atoms with E-state index < -0.39 is 0 Å². The van der Waals surface area contributed by atoms with E-state index in [9.17, 15) is 0 Å². The molecule has 1 saturated heterocycles. The van der Waals surface area contributed by atoms with Crippen molar-refractivity contribution in [3.05, 3.63) is 17.7 Å². The summed E-state index contributed by atoms with van der Waals surface area (Å²) < 4.78 is 7.20. The molecule has 0 saturated carbocycles. The van der Waals surface area contributed by atoms with Gasteiger partial charge in [0.1, 0.15) is 0 Å². The molecule has 0 aliphatic carbocycles. The maximum absolute atomic E-state index is 5.40. The summed E-state index contributed by atoms with van der Waals surface area (Å²) in [5, 5.41) is 11.7. The molecule has 20 heavy (non-hydrogen) atoms. The number of nitrogens with zero attached hydrogens (tertiary/aromatic N) is 5. The van der Waals surface area contributed by atoms with Gasteiger partial charge in [-0.1, -0.05) is 5.16 Å². The van der Waals surface area contributed by atoms with Gasteiger partial charge in [0.2, 0.25) is 0 Å². The van der Waals surface area contributed by atoms with Gasteiger partial charge in [0, 0.05) is 38.9 Å². The van der Waals surface area contributed by atoms with Crippen molar-refractivity contribution in [3.8, 4) is 11.5 Å². The molecule has 108 valence electrons. The van der Waals surface area contributed by atoms with Crippen molar-refractivity contribution in [2.75, 3.05) is 26.2 Å². The minimum Gasteiger partial charge on any atom is -0.334 e. The van der Waals surface area contributed by atoms with E-state index in [1.54, 1.807) is 10.9 Å². The summed E-state index contributed by atoms with van der Waals surface area (Å²) >= 11 is 0. The lowest BCUT2D eigenvalue weighted by Crippen LogP contribution is -2.44. The molecular formula is C13H20N6O. The molecule has 1 aliphatic rings. The van der Waals surface area contributed by atoms with Crippen LogP contribution in [0.2, 0.25) is 0 Å². The maximum atomic E-state index is 5.40. The summed E-state index contributed by atoms with van der Waals surface area (Å²) in [7, 11) is 1.90. The number of piperazine rings is 1. The van der Waals surface area contributed by atoms with E-state index in [-0.39, 0.29) is 6.04 Å². The number of aryl methyl sites for hydroxylation is 1. The summed E-state index contributed by atoms with van der Waals surface area (Å²) in [5.41, 5.74) is 1.92. The van der Waals surface area contributed by atoms with Crippen LogP contribution in [0.5, 0.6) is 0 Å². The first-order valence-corrected chi connectivity index (χ1v) is 6.94. The van der Waals surface area contributed by atoms with Gasteiger partial charge < -0.3 is 9.84 Å². The van der Waals surface area contributed by atoms with Crippen LogP contribution < -0.4 is 5.32 Å². The molecule has 3 heterocycles. The first kappa shape index (κ1) is 13.3. The number of nitrogens with one attached hydrogen (secondary N) is 1. The van der Waals surface area contributed by atoms with Gasteiger partial charge >= 0.3 is 0 Å². The molecule has 0 radical (unpaired) electrons. The first-order valence-electron chi connectivity index (χ1n) is 6.94. The predicted molar refractivity (Wildman–Crippen MR) is 74.1 cm³/mol. The first-order chi connectivity index (χ1) is 9.66. The van der Waals surface area contributed by atoms with E-state index in [0.29, 0.717) is 5.89 Å². The largest absolute Gasteiger partial charge is 0.334 e. The second kappa shape index (κ2) is 5.34. The van der Waals surface area contributed by atoms with Crippen molar-refractivity contribution in [2.45, 2.75) is 19.9 Å². The fourth-order valence-electron chi connectivity index (χ4n) is 2.46. The SMILES string of the molecule is Cc1c(-c2nc(C(C)N3CCNCC3)no2)cnn1C. The molecule has 2 aromatic rings. The Bertz CT molecular complexity index is 583. The number of rotatable bonds is 3. The lowest BCUT2D eigenvalue weighted by molar-refractivity contribution is 0.176. The maximum Gasteiger partial charge on any atom is 0.261 e. The van der Waals surface area contributed by atoms with Crippen molar-refractivity contribution >= 4 is 0 Å². The Morgan fingerprint density at radius 2 is 2.10 bits per heavy atom. The lowest BCUT2D eigenvalue weighted by Gasteiger charge is -2.30. The Morgan fingerprint density at radius 1 is 1.35 bits per heavy atom. The summed E-state index contributed by atoms with van der Waals surface area (Å²) in [6.07, 6.45) is 1.77. The summed E-state index contributed by atoms with van der Waals surface area (Å²) in [6, 6.07) is 0.173. The predicted octanol–water partition coefficient (Wildman–Crippen LogP) is 0.745. The van der Waals surface area contributed by atoms with Crippen molar-refractivity contribution < 1.29 is 4.52 Å². The van der Waals surface area contributed by atoms with E-state index in [1.807, 2.05) is 14.0 Å². The molecule has 7 heteroatoms. The second-order valence-electron chi connectivity index (χ2n) is 5.19. The zero-order valence-corrected chi connectivity index (χ0v) is 12.1. The third kappa shape index (κ3) is 2.34. The molecule has 0 amide bonds. The minimum atomic E-state index is 0.173. The fourth-order valence-corrected chi connectivity index (χ4v) is 2.46. The third-order valence-corrected chi connectivity index (χ3v) is 3.98. The minimum absolute atomic E-state index is 0.173. The summed E-state index contributed by atoms with van der Waals surface area (Å²) in [4.78, 5) is 6.90. The lowest BCUT2D eigenvalue weighted by atomic mass is 10.2.